The van der Waals surface area contributed by atoms with Crippen LogP contribution in [0.3, 0.4) is 0 Å². The van der Waals surface area contributed by atoms with Crippen LogP contribution in [0.4, 0.5) is 14.0 Å². The number of carboxylic acids is 1. The number of benzene rings is 1. The average molecular weight is 394 g/mol. The van der Waals surface area contributed by atoms with Gasteiger partial charge in [-0.2, -0.15) is 0 Å². The van der Waals surface area contributed by atoms with Gasteiger partial charge in [-0.1, -0.05) is 12.1 Å². The molecular weight excluding hydrogens is 371 g/mol. The number of carboxylic acid groups (broad SMARTS) is 1. The molecule has 1 saturated heterocycles. The molecule has 3 rings (SSSR count). The lowest BCUT2D eigenvalue weighted by Gasteiger charge is -2.26. The highest BCUT2D eigenvalue weighted by Crippen LogP contribution is 2.28. The van der Waals surface area contributed by atoms with E-state index in [2.05, 4.69) is 0 Å². The molecule has 1 unspecified atom stereocenters. The first-order valence-electron chi connectivity index (χ1n) is 8.99. The van der Waals surface area contributed by atoms with Crippen molar-refractivity contribution in [3.8, 4) is 0 Å². The van der Waals surface area contributed by atoms with E-state index in [1.54, 1.807) is 32.9 Å². The topological polar surface area (TPSA) is 96.4 Å². The van der Waals surface area contributed by atoms with Gasteiger partial charge in [-0.05, 0) is 32.4 Å². The van der Waals surface area contributed by atoms with Crippen LogP contribution in [-0.2, 0) is 27.4 Å². The standard InChI is InChI=1S/C19H23FN2O6/c1-19(2,3)28-18(26)22-9-12(7-15(22)16(23)24)27-17(25)21-8-11-5-4-6-14(20)13(11)10-21/h4-6,12,15H,7-10H2,1-3H3,(H,23,24)/t12?,15-/m0/s1. The van der Waals surface area contributed by atoms with Crippen molar-refractivity contribution >= 4 is 18.2 Å². The van der Waals surface area contributed by atoms with Crippen LogP contribution < -0.4 is 0 Å². The van der Waals surface area contributed by atoms with Crippen LogP contribution in [0.2, 0.25) is 0 Å². The smallest absolute Gasteiger partial charge is 0.411 e. The molecule has 2 atom stereocenters. The summed E-state index contributed by atoms with van der Waals surface area (Å²) in [5, 5.41) is 9.40. The third-order valence-corrected chi connectivity index (χ3v) is 4.63. The lowest BCUT2D eigenvalue weighted by atomic mass is 10.1. The molecule has 0 bridgehead atoms. The summed E-state index contributed by atoms with van der Waals surface area (Å²) in [5.74, 6) is -1.57. The highest BCUT2D eigenvalue weighted by molar-refractivity contribution is 5.81. The first-order chi connectivity index (χ1) is 13.0. The van der Waals surface area contributed by atoms with Gasteiger partial charge in [-0.15, -0.1) is 0 Å². The third-order valence-electron chi connectivity index (χ3n) is 4.63. The van der Waals surface area contributed by atoms with Crippen molar-refractivity contribution in [3.05, 3.63) is 35.1 Å². The Morgan fingerprint density at radius 2 is 1.89 bits per heavy atom. The zero-order valence-electron chi connectivity index (χ0n) is 16.0. The molecule has 152 valence electrons. The molecule has 2 amide bonds. The van der Waals surface area contributed by atoms with Gasteiger partial charge in [-0.25, -0.2) is 18.8 Å². The van der Waals surface area contributed by atoms with Crippen LogP contribution in [0.1, 0.15) is 38.3 Å². The summed E-state index contributed by atoms with van der Waals surface area (Å²) >= 11 is 0. The molecule has 0 saturated carbocycles. The molecule has 1 aromatic carbocycles. The fraction of sp³-hybridized carbons (Fsp3) is 0.526. The Morgan fingerprint density at radius 3 is 2.50 bits per heavy atom. The summed E-state index contributed by atoms with van der Waals surface area (Å²) in [6.07, 6.45) is -2.25. The Bertz CT molecular complexity index is 806. The van der Waals surface area contributed by atoms with Crippen molar-refractivity contribution in [1.82, 2.24) is 9.80 Å². The summed E-state index contributed by atoms with van der Waals surface area (Å²) in [4.78, 5) is 38.7. The molecule has 1 aromatic rings. The van der Waals surface area contributed by atoms with Crippen molar-refractivity contribution in [1.29, 1.82) is 0 Å². The van der Waals surface area contributed by atoms with Gasteiger partial charge < -0.3 is 14.6 Å². The monoisotopic (exact) mass is 394 g/mol. The normalized spacial score (nSPS) is 21.4. The van der Waals surface area contributed by atoms with E-state index in [4.69, 9.17) is 9.47 Å². The van der Waals surface area contributed by atoms with Crippen LogP contribution >= 0.6 is 0 Å². The van der Waals surface area contributed by atoms with Gasteiger partial charge >= 0.3 is 18.2 Å². The minimum atomic E-state index is -1.19. The number of hydrogen-bond donors (Lipinski definition) is 1. The molecule has 2 heterocycles. The number of aliphatic carboxylic acids is 1. The van der Waals surface area contributed by atoms with Gasteiger partial charge in [0, 0.05) is 18.5 Å². The number of rotatable bonds is 2. The molecule has 28 heavy (non-hydrogen) atoms. The highest BCUT2D eigenvalue weighted by Gasteiger charge is 2.44. The lowest BCUT2D eigenvalue weighted by molar-refractivity contribution is -0.142. The molecule has 1 N–H and O–H groups in total. The Labute approximate surface area is 161 Å². The quantitative estimate of drug-likeness (QED) is 0.829. The third kappa shape index (κ3) is 4.18. The maximum atomic E-state index is 13.8. The second kappa shape index (κ2) is 7.29. The molecule has 1 fully saturated rings. The number of likely N-dealkylation sites (tertiary alicyclic amines) is 1. The second-order valence-corrected chi connectivity index (χ2v) is 7.96. The fourth-order valence-corrected chi connectivity index (χ4v) is 3.37. The van der Waals surface area contributed by atoms with Gasteiger partial charge in [0.25, 0.3) is 0 Å². The van der Waals surface area contributed by atoms with E-state index < -0.39 is 35.9 Å². The number of ether oxygens (including phenoxy) is 2. The molecular formula is C19H23FN2O6. The number of amides is 2. The SMILES string of the molecule is CC(C)(C)OC(=O)N1CC(OC(=O)N2Cc3cccc(F)c3C2)C[C@H]1C(=O)O. The van der Waals surface area contributed by atoms with Crippen molar-refractivity contribution < 1.29 is 33.4 Å². The Kier molecular flexibility index (Phi) is 5.18. The Morgan fingerprint density at radius 1 is 1.18 bits per heavy atom. The lowest BCUT2D eigenvalue weighted by Crippen LogP contribution is -2.43. The summed E-state index contributed by atoms with van der Waals surface area (Å²) in [6.45, 7) is 5.27. The predicted octanol–water partition coefficient (Wildman–Crippen LogP) is 2.74. The molecule has 0 spiro atoms. The van der Waals surface area contributed by atoms with Gasteiger partial charge in [-0.3, -0.25) is 9.80 Å². The minimum absolute atomic E-state index is 0.0323. The van der Waals surface area contributed by atoms with E-state index in [1.165, 1.54) is 11.0 Å². The predicted molar refractivity (Wildman–Crippen MR) is 94.9 cm³/mol. The van der Waals surface area contributed by atoms with E-state index in [1.807, 2.05) is 0 Å². The second-order valence-electron chi connectivity index (χ2n) is 7.96. The van der Waals surface area contributed by atoms with Gasteiger partial charge in [0.1, 0.15) is 23.6 Å². The van der Waals surface area contributed by atoms with Crippen LogP contribution in [0.15, 0.2) is 18.2 Å². The number of carbonyl (C=O) groups is 3. The zero-order valence-corrected chi connectivity index (χ0v) is 16.0. The number of carbonyl (C=O) groups excluding carboxylic acids is 2. The number of halogens is 1. The van der Waals surface area contributed by atoms with Crippen molar-refractivity contribution in [2.75, 3.05) is 6.54 Å². The van der Waals surface area contributed by atoms with Gasteiger partial charge in [0.05, 0.1) is 13.1 Å². The van der Waals surface area contributed by atoms with Crippen LogP contribution in [-0.4, -0.2) is 57.4 Å². The molecule has 8 nitrogen and oxygen atoms in total. The van der Waals surface area contributed by atoms with E-state index in [9.17, 15) is 23.9 Å². The fourth-order valence-electron chi connectivity index (χ4n) is 3.37. The van der Waals surface area contributed by atoms with Crippen molar-refractivity contribution in [2.24, 2.45) is 0 Å². The first-order valence-corrected chi connectivity index (χ1v) is 8.99. The molecule has 0 aromatic heterocycles. The molecule has 2 aliphatic heterocycles. The summed E-state index contributed by atoms with van der Waals surface area (Å²) in [7, 11) is 0. The number of fused-ring (bicyclic) bond motifs is 1. The number of nitrogens with zero attached hydrogens (tertiary/aromatic N) is 2. The maximum absolute atomic E-state index is 13.8. The number of hydrogen-bond acceptors (Lipinski definition) is 5. The van der Waals surface area contributed by atoms with E-state index in [-0.39, 0.29) is 31.9 Å². The van der Waals surface area contributed by atoms with Crippen molar-refractivity contribution in [2.45, 2.75) is 58.0 Å². The minimum Gasteiger partial charge on any atom is -0.480 e. The van der Waals surface area contributed by atoms with E-state index >= 15 is 0 Å². The summed E-state index contributed by atoms with van der Waals surface area (Å²) in [5.41, 5.74) is 0.382. The molecule has 9 heteroatoms. The van der Waals surface area contributed by atoms with Crippen LogP contribution in [0.25, 0.3) is 0 Å². The van der Waals surface area contributed by atoms with E-state index in [0.717, 1.165) is 4.90 Å². The Balaban J connectivity index is 1.63. The molecule has 0 radical (unpaired) electrons. The highest BCUT2D eigenvalue weighted by atomic mass is 19.1. The Hall–Kier alpha value is -2.84. The molecule has 0 aliphatic carbocycles. The molecule has 2 aliphatic rings. The van der Waals surface area contributed by atoms with Crippen molar-refractivity contribution in [3.63, 3.8) is 0 Å². The largest absolute Gasteiger partial charge is 0.480 e. The van der Waals surface area contributed by atoms with Crippen LogP contribution in [0.5, 0.6) is 0 Å². The van der Waals surface area contributed by atoms with Gasteiger partial charge in [0.2, 0.25) is 0 Å². The average Bonchev–Trinajstić information content (AvgIpc) is 3.18. The van der Waals surface area contributed by atoms with Gasteiger partial charge in [0.15, 0.2) is 0 Å². The summed E-state index contributed by atoms with van der Waals surface area (Å²) in [6, 6.07) is 3.52. The van der Waals surface area contributed by atoms with E-state index in [0.29, 0.717) is 11.1 Å². The maximum Gasteiger partial charge on any atom is 0.411 e. The summed E-state index contributed by atoms with van der Waals surface area (Å²) < 4.78 is 24.5. The zero-order chi connectivity index (χ0) is 20.6. The first kappa shape index (κ1) is 19.9. The van der Waals surface area contributed by atoms with Crippen LogP contribution in [0, 0.1) is 5.82 Å².